The zero-order valence-electron chi connectivity index (χ0n) is 20.8. The number of rotatable bonds is 12. The summed E-state index contributed by atoms with van der Waals surface area (Å²) in [6.07, 6.45) is 4.86. The van der Waals surface area contributed by atoms with Crippen LogP contribution in [-0.2, 0) is 22.7 Å². The smallest absolute Gasteiger partial charge is 0.242 e. The number of nitrogens with zero attached hydrogens (tertiary/aromatic N) is 3. The van der Waals surface area contributed by atoms with Crippen molar-refractivity contribution in [2.45, 2.75) is 79.9 Å². The molecule has 0 aliphatic carbocycles. The monoisotopic (exact) mass is 439 g/mol. The zero-order chi connectivity index (χ0) is 23.7. The number of benzene rings is 1. The average molecular weight is 440 g/mol. The molecular weight excluding hydrogens is 398 g/mol. The number of amides is 2. The van der Waals surface area contributed by atoms with E-state index in [0.29, 0.717) is 13.1 Å². The van der Waals surface area contributed by atoms with Crippen LogP contribution < -0.4 is 0 Å². The fourth-order valence-electron chi connectivity index (χ4n) is 3.84. The molecular formula is C27H41N3O2. The van der Waals surface area contributed by atoms with Crippen molar-refractivity contribution in [1.29, 1.82) is 0 Å². The Balaban J connectivity index is 2.20. The molecule has 0 bridgehead atoms. The first kappa shape index (κ1) is 25.7. The van der Waals surface area contributed by atoms with Crippen LogP contribution >= 0.6 is 0 Å². The third-order valence-corrected chi connectivity index (χ3v) is 6.21. The van der Waals surface area contributed by atoms with E-state index in [4.69, 9.17) is 0 Å². The molecule has 32 heavy (non-hydrogen) atoms. The third-order valence-electron chi connectivity index (χ3n) is 6.21. The van der Waals surface area contributed by atoms with Crippen molar-refractivity contribution in [3.8, 4) is 0 Å². The Morgan fingerprint density at radius 1 is 1.03 bits per heavy atom. The van der Waals surface area contributed by atoms with Gasteiger partial charge in [0.15, 0.2) is 0 Å². The van der Waals surface area contributed by atoms with Crippen LogP contribution in [0.4, 0.5) is 0 Å². The van der Waals surface area contributed by atoms with Crippen molar-refractivity contribution in [2.75, 3.05) is 13.1 Å². The summed E-state index contributed by atoms with van der Waals surface area (Å²) >= 11 is 0. The van der Waals surface area contributed by atoms with Gasteiger partial charge in [0.1, 0.15) is 0 Å². The summed E-state index contributed by atoms with van der Waals surface area (Å²) in [5, 5.41) is 0. The number of carbonyl (C=O) groups is 2. The average Bonchev–Trinajstić information content (AvgIpc) is 3.21. The van der Waals surface area contributed by atoms with E-state index in [2.05, 4.69) is 68.8 Å². The van der Waals surface area contributed by atoms with Gasteiger partial charge in [0.2, 0.25) is 11.8 Å². The van der Waals surface area contributed by atoms with Gasteiger partial charge in [0.25, 0.3) is 0 Å². The topological polar surface area (TPSA) is 45.6 Å². The molecule has 1 aromatic heterocycles. The first-order chi connectivity index (χ1) is 15.3. The Hall–Kier alpha value is -2.56. The fourth-order valence-corrected chi connectivity index (χ4v) is 3.84. The number of hydrogen-bond donors (Lipinski definition) is 0. The molecule has 5 nitrogen and oxygen atoms in total. The van der Waals surface area contributed by atoms with E-state index in [1.165, 1.54) is 11.1 Å². The molecule has 2 amide bonds. The molecule has 1 aromatic carbocycles. The molecule has 0 radical (unpaired) electrons. The van der Waals surface area contributed by atoms with E-state index in [1.54, 1.807) is 4.90 Å². The molecule has 1 atom stereocenters. The minimum absolute atomic E-state index is 0.0214. The molecule has 0 aliphatic heterocycles. The van der Waals surface area contributed by atoms with Crippen LogP contribution in [0.2, 0.25) is 0 Å². The van der Waals surface area contributed by atoms with E-state index in [0.717, 1.165) is 31.5 Å². The van der Waals surface area contributed by atoms with Gasteiger partial charge in [-0.2, -0.15) is 0 Å². The van der Waals surface area contributed by atoms with Crippen molar-refractivity contribution in [1.82, 2.24) is 14.4 Å². The highest BCUT2D eigenvalue weighted by Gasteiger charge is 2.25. The highest BCUT2D eigenvalue weighted by atomic mass is 16.2. The van der Waals surface area contributed by atoms with Gasteiger partial charge in [0, 0.05) is 36.9 Å². The SMILES string of the molecule is CCCCN(CC(=O)N(Cc1cccn1Cc1ccccc1C)C(C)CC)C(=O)C(C)C. The van der Waals surface area contributed by atoms with Gasteiger partial charge in [-0.1, -0.05) is 58.4 Å². The van der Waals surface area contributed by atoms with Gasteiger partial charge in [0.05, 0.1) is 13.1 Å². The van der Waals surface area contributed by atoms with Crippen molar-refractivity contribution < 1.29 is 9.59 Å². The highest BCUT2D eigenvalue weighted by Crippen LogP contribution is 2.17. The molecule has 0 N–H and O–H groups in total. The molecule has 0 aliphatic rings. The van der Waals surface area contributed by atoms with Crippen LogP contribution in [-0.4, -0.2) is 45.3 Å². The van der Waals surface area contributed by atoms with Gasteiger partial charge in [-0.05, 0) is 49.9 Å². The maximum Gasteiger partial charge on any atom is 0.242 e. The Labute approximate surface area is 194 Å². The number of hydrogen-bond acceptors (Lipinski definition) is 2. The number of unbranched alkanes of at least 4 members (excludes halogenated alkanes) is 1. The molecule has 0 spiro atoms. The van der Waals surface area contributed by atoms with Crippen LogP contribution in [0.1, 0.15) is 70.7 Å². The summed E-state index contributed by atoms with van der Waals surface area (Å²) in [6.45, 7) is 14.3. The lowest BCUT2D eigenvalue weighted by molar-refractivity contribution is -0.144. The normalized spacial score (nSPS) is 12.1. The van der Waals surface area contributed by atoms with Crippen LogP contribution in [0.25, 0.3) is 0 Å². The van der Waals surface area contributed by atoms with E-state index in [9.17, 15) is 9.59 Å². The summed E-state index contributed by atoms with van der Waals surface area (Å²) in [4.78, 5) is 29.8. The number of aromatic nitrogens is 1. The van der Waals surface area contributed by atoms with Gasteiger partial charge >= 0.3 is 0 Å². The molecule has 0 saturated carbocycles. The van der Waals surface area contributed by atoms with Crippen molar-refractivity contribution in [3.05, 3.63) is 59.4 Å². The molecule has 1 unspecified atom stereocenters. The van der Waals surface area contributed by atoms with Crippen LogP contribution in [0.3, 0.4) is 0 Å². The van der Waals surface area contributed by atoms with Gasteiger partial charge in [-0.25, -0.2) is 0 Å². The number of carbonyl (C=O) groups excluding carboxylic acids is 2. The van der Waals surface area contributed by atoms with Crippen molar-refractivity contribution >= 4 is 11.8 Å². The van der Waals surface area contributed by atoms with E-state index >= 15 is 0 Å². The van der Waals surface area contributed by atoms with E-state index in [-0.39, 0.29) is 30.3 Å². The lowest BCUT2D eigenvalue weighted by Crippen LogP contribution is -2.47. The van der Waals surface area contributed by atoms with Crippen LogP contribution in [0.5, 0.6) is 0 Å². The molecule has 5 heteroatoms. The summed E-state index contributed by atoms with van der Waals surface area (Å²) in [5.41, 5.74) is 3.65. The molecule has 0 saturated heterocycles. The summed E-state index contributed by atoms with van der Waals surface area (Å²) < 4.78 is 2.22. The number of aryl methyl sites for hydroxylation is 1. The second-order valence-electron chi connectivity index (χ2n) is 9.10. The largest absolute Gasteiger partial charge is 0.345 e. The van der Waals surface area contributed by atoms with Crippen LogP contribution in [0, 0.1) is 12.8 Å². The lowest BCUT2D eigenvalue weighted by Gasteiger charge is -2.32. The predicted molar refractivity (Wildman–Crippen MR) is 131 cm³/mol. The first-order valence-electron chi connectivity index (χ1n) is 12.0. The standard InChI is InChI=1S/C27H41N3O2/c1-7-9-16-29(27(32)21(3)4)20-26(31)30(23(6)8-2)19-25-15-12-17-28(25)18-24-14-11-10-13-22(24)5/h10-15,17,21,23H,7-9,16,18-20H2,1-6H3. The van der Waals surface area contributed by atoms with Gasteiger partial charge in [-0.3, -0.25) is 9.59 Å². The second kappa shape index (κ2) is 12.5. The zero-order valence-corrected chi connectivity index (χ0v) is 20.8. The summed E-state index contributed by atoms with van der Waals surface area (Å²) in [6, 6.07) is 12.6. The fraction of sp³-hybridized carbons (Fsp3) is 0.556. The highest BCUT2D eigenvalue weighted by molar-refractivity contribution is 5.85. The Morgan fingerprint density at radius 2 is 1.75 bits per heavy atom. The van der Waals surface area contributed by atoms with Crippen molar-refractivity contribution in [2.24, 2.45) is 5.92 Å². The van der Waals surface area contributed by atoms with Gasteiger partial charge in [-0.15, -0.1) is 0 Å². The Kier molecular flexibility index (Phi) is 10.0. The van der Waals surface area contributed by atoms with E-state index < -0.39 is 0 Å². The Morgan fingerprint density at radius 3 is 2.38 bits per heavy atom. The predicted octanol–water partition coefficient (Wildman–Crippen LogP) is 5.26. The Bertz CT molecular complexity index is 871. The van der Waals surface area contributed by atoms with Crippen molar-refractivity contribution in [3.63, 3.8) is 0 Å². The quantitative estimate of drug-likeness (QED) is 0.453. The molecule has 2 aromatic rings. The molecule has 176 valence electrons. The van der Waals surface area contributed by atoms with Gasteiger partial charge < -0.3 is 14.4 Å². The summed E-state index contributed by atoms with van der Waals surface area (Å²) in [7, 11) is 0. The molecule has 2 rings (SSSR count). The first-order valence-corrected chi connectivity index (χ1v) is 12.0. The minimum atomic E-state index is -0.108. The maximum absolute atomic E-state index is 13.4. The molecule has 1 heterocycles. The maximum atomic E-state index is 13.4. The second-order valence-corrected chi connectivity index (χ2v) is 9.10. The minimum Gasteiger partial charge on any atom is -0.345 e. The molecule has 0 fully saturated rings. The summed E-state index contributed by atoms with van der Waals surface area (Å²) in [5.74, 6) is -0.0324. The van der Waals surface area contributed by atoms with Crippen LogP contribution in [0.15, 0.2) is 42.6 Å². The third kappa shape index (κ3) is 6.98. The lowest BCUT2D eigenvalue weighted by atomic mass is 10.1. The van der Waals surface area contributed by atoms with E-state index in [1.807, 2.05) is 24.8 Å².